The zero-order valence-corrected chi connectivity index (χ0v) is 12.0. The molecule has 0 aromatic carbocycles. The molecule has 0 spiro atoms. The third-order valence-electron chi connectivity index (χ3n) is 4.11. The summed E-state index contributed by atoms with van der Waals surface area (Å²) < 4.78 is 5.90. The number of nitrogens with one attached hydrogen (secondary N) is 1. The van der Waals surface area contributed by atoms with Crippen molar-refractivity contribution < 1.29 is 4.74 Å². The van der Waals surface area contributed by atoms with Crippen LogP contribution in [0.3, 0.4) is 0 Å². The molecule has 0 aliphatic carbocycles. The SMILES string of the molecule is CCCC1CN(CC2CN(CC)CCO2)CCN1. The highest BCUT2D eigenvalue weighted by atomic mass is 16.5. The summed E-state index contributed by atoms with van der Waals surface area (Å²) in [6.45, 7) is 13.4. The topological polar surface area (TPSA) is 27.7 Å². The van der Waals surface area contributed by atoms with Crippen molar-refractivity contribution in [1.82, 2.24) is 15.1 Å². The van der Waals surface area contributed by atoms with E-state index in [1.165, 1.54) is 25.9 Å². The molecule has 0 aromatic heterocycles. The van der Waals surface area contributed by atoms with E-state index in [0.717, 1.165) is 39.3 Å². The molecule has 2 rings (SSSR count). The molecule has 4 heteroatoms. The van der Waals surface area contributed by atoms with Gasteiger partial charge in [-0.3, -0.25) is 9.80 Å². The zero-order chi connectivity index (χ0) is 12.8. The lowest BCUT2D eigenvalue weighted by molar-refractivity contribution is -0.0447. The number of rotatable bonds is 5. The third-order valence-corrected chi connectivity index (χ3v) is 4.11. The predicted octanol–water partition coefficient (Wildman–Crippen LogP) is 0.781. The molecule has 18 heavy (non-hydrogen) atoms. The third kappa shape index (κ3) is 4.19. The van der Waals surface area contributed by atoms with Gasteiger partial charge >= 0.3 is 0 Å². The largest absolute Gasteiger partial charge is 0.374 e. The number of ether oxygens (including phenoxy) is 1. The number of hydrogen-bond acceptors (Lipinski definition) is 4. The maximum atomic E-state index is 5.90. The van der Waals surface area contributed by atoms with Gasteiger partial charge in [0.1, 0.15) is 0 Å². The fourth-order valence-corrected chi connectivity index (χ4v) is 3.07. The standard InChI is InChI=1S/C14H29N3O/c1-3-5-13-10-17(7-6-15-13)12-14-11-16(4-2)8-9-18-14/h13-15H,3-12H2,1-2H3. The number of morpholine rings is 1. The van der Waals surface area contributed by atoms with E-state index in [9.17, 15) is 0 Å². The summed E-state index contributed by atoms with van der Waals surface area (Å²) in [6.07, 6.45) is 2.98. The van der Waals surface area contributed by atoms with Crippen LogP contribution in [0, 0.1) is 0 Å². The molecule has 2 heterocycles. The molecular weight excluding hydrogens is 226 g/mol. The van der Waals surface area contributed by atoms with Crippen molar-refractivity contribution in [2.75, 3.05) is 52.4 Å². The van der Waals surface area contributed by atoms with Gasteiger partial charge in [-0.15, -0.1) is 0 Å². The Kier molecular flexibility index (Phi) is 5.89. The van der Waals surface area contributed by atoms with Gasteiger partial charge in [0, 0.05) is 45.3 Å². The van der Waals surface area contributed by atoms with Gasteiger partial charge in [-0.1, -0.05) is 20.3 Å². The minimum absolute atomic E-state index is 0.416. The monoisotopic (exact) mass is 255 g/mol. The first-order valence-electron chi connectivity index (χ1n) is 7.61. The minimum Gasteiger partial charge on any atom is -0.374 e. The van der Waals surface area contributed by atoms with Crippen molar-refractivity contribution >= 4 is 0 Å². The molecule has 0 saturated carbocycles. The molecule has 2 fully saturated rings. The molecule has 0 amide bonds. The molecule has 2 atom stereocenters. The highest BCUT2D eigenvalue weighted by molar-refractivity contribution is 4.81. The Morgan fingerprint density at radius 1 is 1.17 bits per heavy atom. The minimum atomic E-state index is 0.416. The number of likely N-dealkylation sites (N-methyl/N-ethyl adjacent to an activating group) is 1. The predicted molar refractivity (Wildman–Crippen MR) is 75.0 cm³/mol. The van der Waals surface area contributed by atoms with Gasteiger partial charge < -0.3 is 10.1 Å². The zero-order valence-electron chi connectivity index (χ0n) is 12.0. The molecule has 0 radical (unpaired) electrons. The van der Waals surface area contributed by atoms with Crippen LogP contribution in [-0.2, 0) is 4.74 Å². The van der Waals surface area contributed by atoms with Gasteiger partial charge in [-0.25, -0.2) is 0 Å². The lowest BCUT2D eigenvalue weighted by atomic mass is 10.1. The molecule has 0 bridgehead atoms. The molecule has 2 aliphatic rings. The van der Waals surface area contributed by atoms with Crippen LogP contribution < -0.4 is 5.32 Å². The van der Waals surface area contributed by atoms with E-state index in [0.29, 0.717) is 12.1 Å². The fraction of sp³-hybridized carbons (Fsp3) is 1.00. The fourth-order valence-electron chi connectivity index (χ4n) is 3.07. The maximum Gasteiger partial charge on any atom is 0.0829 e. The van der Waals surface area contributed by atoms with Crippen LogP contribution in [0.5, 0.6) is 0 Å². The molecule has 2 saturated heterocycles. The summed E-state index contributed by atoms with van der Waals surface area (Å²) in [7, 11) is 0. The van der Waals surface area contributed by atoms with Crippen LogP contribution in [0.15, 0.2) is 0 Å². The van der Waals surface area contributed by atoms with Crippen LogP contribution in [0.2, 0.25) is 0 Å². The summed E-state index contributed by atoms with van der Waals surface area (Å²) in [5.74, 6) is 0. The molecular formula is C14H29N3O. The first kappa shape index (κ1) is 14.3. The molecule has 4 nitrogen and oxygen atoms in total. The first-order chi connectivity index (χ1) is 8.81. The average molecular weight is 255 g/mol. The van der Waals surface area contributed by atoms with E-state index < -0.39 is 0 Å². The molecule has 2 unspecified atom stereocenters. The molecule has 1 N–H and O–H groups in total. The van der Waals surface area contributed by atoms with Crippen LogP contribution in [0.1, 0.15) is 26.7 Å². The van der Waals surface area contributed by atoms with Crippen LogP contribution in [0.25, 0.3) is 0 Å². The first-order valence-corrected chi connectivity index (χ1v) is 7.61. The number of nitrogens with zero attached hydrogens (tertiary/aromatic N) is 2. The summed E-state index contributed by atoms with van der Waals surface area (Å²) in [5, 5.41) is 3.61. The second kappa shape index (κ2) is 7.43. The Hall–Kier alpha value is -0.160. The van der Waals surface area contributed by atoms with Gasteiger partial charge in [-0.05, 0) is 13.0 Å². The lowest BCUT2D eigenvalue weighted by Gasteiger charge is -2.38. The second-order valence-corrected chi connectivity index (χ2v) is 5.59. The maximum absolute atomic E-state index is 5.90. The molecule has 0 aromatic rings. The van der Waals surface area contributed by atoms with E-state index in [1.807, 2.05) is 0 Å². The van der Waals surface area contributed by atoms with E-state index >= 15 is 0 Å². The van der Waals surface area contributed by atoms with Crippen molar-refractivity contribution in [3.63, 3.8) is 0 Å². The van der Waals surface area contributed by atoms with Crippen molar-refractivity contribution in [3.8, 4) is 0 Å². The Labute approximate surface area is 112 Å². The Morgan fingerprint density at radius 2 is 2.06 bits per heavy atom. The molecule has 2 aliphatic heterocycles. The summed E-state index contributed by atoms with van der Waals surface area (Å²) in [6, 6.07) is 0.689. The highest BCUT2D eigenvalue weighted by Crippen LogP contribution is 2.10. The highest BCUT2D eigenvalue weighted by Gasteiger charge is 2.25. The Morgan fingerprint density at radius 3 is 2.83 bits per heavy atom. The van der Waals surface area contributed by atoms with Gasteiger partial charge in [0.2, 0.25) is 0 Å². The summed E-state index contributed by atoms with van der Waals surface area (Å²) in [5.41, 5.74) is 0. The van der Waals surface area contributed by atoms with Crippen LogP contribution >= 0.6 is 0 Å². The quantitative estimate of drug-likeness (QED) is 0.786. The van der Waals surface area contributed by atoms with Gasteiger partial charge in [0.25, 0.3) is 0 Å². The average Bonchev–Trinajstić information content (AvgIpc) is 2.40. The van der Waals surface area contributed by atoms with Gasteiger partial charge in [0.15, 0.2) is 0 Å². The van der Waals surface area contributed by atoms with Crippen molar-refractivity contribution in [1.29, 1.82) is 0 Å². The van der Waals surface area contributed by atoms with Crippen LogP contribution in [0.4, 0.5) is 0 Å². The van der Waals surface area contributed by atoms with E-state index in [-0.39, 0.29) is 0 Å². The summed E-state index contributed by atoms with van der Waals surface area (Å²) in [4.78, 5) is 5.08. The van der Waals surface area contributed by atoms with Crippen molar-refractivity contribution in [2.45, 2.75) is 38.8 Å². The normalized spacial score (nSPS) is 31.7. The van der Waals surface area contributed by atoms with E-state index in [4.69, 9.17) is 4.74 Å². The van der Waals surface area contributed by atoms with Gasteiger partial charge in [0.05, 0.1) is 12.7 Å². The number of hydrogen-bond donors (Lipinski definition) is 1. The van der Waals surface area contributed by atoms with Crippen LogP contribution in [-0.4, -0.2) is 74.4 Å². The van der Waals surface area contributed by atoms with E-state index in [2.05, 4.69) is 29.0 Å². The lowest BCUT2D eigenvalue weighted by Crippen LogP contribution is -2.54. The smallest absolute Gasteiger partial charge is 0.0829 e. The van der Waals surface area contributed by atoms with Gasteiger partial charge in [-0.2, -0.15) is 0 Å². The van der Waals surface area contributed by atoms with Crippen molar-refractivity contribution in [2.24, 2.45) is 0 Å². The summed E-state index contributed by atoms with van der Waals surface area (Å²) >= 11 is 0. The van der Waals surface area contributed by atoms with E-state index in [1.54, 1.807) is 0 Å². The Bertz CT molecular complexity index is 235. The second-order valence-electron chi connectivity index (χ2n) is 5.59. The Balaban J connectivity index is 1.74. The molecule has 106 valence electrons. The number of piperazine rings is 1. The van der Waals surface area contributed by atoms with Crippen molar-refractivity contribution in [3.05, 3.63) is 0 Å².